The van der Waals surface area contributed by atoms with Crippen LogP contribution in [0.5, 0.6) is 0 Å². The number of benzene rings is 1. The van der Waals surface area contributed by atoms with E-state index in [-0.39, 0.29) is 48.8 Å². The first kappa shape index (κ1) is 18.6. The second kappa shape index (κ2) is 8.10. The minimum absolute atomic E-state index is 0.00329. The lowest BCUT2D eigenvalue weighted by Crippen LogP contribution is -2.68. The van der Waals surface area contributed by atoms with E-state index in [0.29, 0.717) is 6.54 Å². The third-order valence-electron chi connectivity index (χ3n) is 5.71. The summed E-state index contributed by atoms with van der Waals surface area (Å²) in [4.78, 5) is 31.0. The maximum atomic E-state index is 13.0. The summed E-state index contributed by atoms with van der Waals surface area (Å²) in [5.74, 6) is 0.149. The highest BCUT2D eigenvalue weighted by Gasteiger charge is 2.51. The summed E-state index contributed by atoms with van der Waals surface area (Å²) < 4.78 is 0. The predicted molar refractivity (Wildman–Crippen MR) is 104 cm³/mol. The molecule has 6 nitrogen and oxygen atoms in total. The third kappa shape index (κ3) is 3.78. The molecule has 0 spiro atoms. The summed E-state index contributed by atoms with van der Waals surface area (Å²) in [6.07, 6.45) is 5.49. The molecule has 2 aromatic rings. The number of carbonyl (C=O) groups excluding carboxylic acids is 2. The molecule has 1 saturated carbocycles. The quantitative estimate of drug-likeness (QED) is 0.764. The molecule has 1 aromatic heterocycles. The summed E-state index contributed by atoms with van der Waals surface area (Å²) >= 11 is 0. The lowest BCUT2D eigenvalue weighted by atomic mass is 9.74. The van der Waals surface area contributed by atoms with E-state index in [1.54, 1.807) is 17.3 Å². The van der Waals surface area contributed by atoms with Gasteiger partial charge in [-0.15, -0.1) is 0 Å². The zero-order valence-electron chi connectivity index (χ0n) is 15.7. The average Bonchev–Trinajstić information content (AvgIpc) is 3.54. The first-order valence-corrected chi connectivity index (χ1v) is 9.82. The largest absolute Gasteiger partial charge is 0.394 e. The Kier molecular flexibility index (Phi) is 5.39. The molecule has 2 fully saturated rings. The Morgan fingerprint density at radius 2 is 1.89 bits per heavy atom. The van der Waals surface area contributed by atoms with E-state index >= 15 is 0 Å². The Morgan fingerprint density at radius 3 is 2.54 bits per heavy atom. The number of nitrogens with one attached hydrogen (secondary N) is 1. The number of carbonyl (C=O) groups is 2. The van der Waals surface area contributed by atoms with E-state index in [4.69, 9.17) is 0 Å². The van der Waals surface area contributed by atoms with Crippen LogP contribution in [0, 0.1) is 5.92 Å². The summed E-state index contributed by atoms with van der Waals surface area (Å²) in [6.45, 7) is 0.301. The number of hydrogen-bond acceptors (Lipinski definition) is 4. The van der Waals surface area contributed by atoms with Gasteiger partial charge in [0.2, 0.25) is 11.8 Å². The maximum absolute atomic E-state index is 13.0. The van der Waals surface area contributed by atoms with Gasteiger partial charge in [0.25, 0.3) is 0 Å². The monoisotopic (exact) mass is 379 g/mol. The zero-order valence-corrected chi connectivity index (χ0v) is 15.7. The van der Waals surface area contributed by atoms with E-state index in [0.717, 1.165) is 24.0 Å². The van der Waals surface area contributed by atoms with Crippen molar-refractivity contribution in [3.05, 3.63) is 66.0 Å². The molecule has 0 bridgehead atoms. The van der Waals surface area contributed by atoms with Crippen molar-refractivity contribution in [3.8, 4) is 0 Å². The van der Waals surface area contributed by atoms with E-state index in [2.05, 4.69) is 10.3 Å². The summed E-state index contributed by atoms with van der Waals surface area (Å²) in [5, 5.41) is 13.0. The third-order valence-corrected chi connectivity index (χ3v) is 5.71. The number of likely N-dealkylation sites (tertiary alicyclic amines) is 1. The van der Waals surface area contributed by atoms with E-state index in [1.165, 1.54) is 0 Å². The van der Waals surface area contributed by atoms with Gasteiger partial charge in [0.1, 0.15) is 0 Å². The topological polar surface area (TPSA) is 82.5 Å². The van der Waals surface area contributed by atoms with Gasteiger partial charge in [-0.1, -0.05) is 36.4 Å². The minimum Gasteiger partial charge on any atom is -0.394 e. The van der Waals surface area contributed by atoms with Crippen LogP contribution < -0.4 is 5.32 Å². The van der Waals surface area contributed by atoms with Gasteiger partial charge in [-0.2, -0.15) is 0 Å². The summed E-state index contributed by atoms with van der Waals surface area (Å²) in [6, 6.07) is 13.1. The lowest BCUT2D eigenvalue weighted by Gasteiger charge is -2.55. The van der Waals surface area contributed by atoms with Crippen LogP contribution in [-0.4, -0.2) is 52.0 Å². The highest BCUT2D eigenvalue weighted by atomic mass is 16.3. The Bertz CT molecular complexity index is 823. The van der Waals surface area contributed by atoms with E-state index in [1.807, 2.05) is 42.5 Å². The second-order valence-corrected chi connectivity index (χ2v) is 7.61. The van der Waals surface area contributed by atoms with Crippen molar-refractivity contribution in [1.82, 2.24) is 15.2 Å². The van der Waals surface area contributed by atoms with Crippen LogP contribution in [0.15, 0.2) is 54.9 Å². The van der Waals surface area contributed by atoms with Crippen molar-refractivity contribution in [2.45, 2.75) is 37.3 Å². The number of pyridine rings is 1. The van der Waals surface area contributed by atoms with Crippen LogP contribution in [0.25, 0.3) is 0 Å². The van der Waals surface area contributed by atoms with Crippen molar-refractivity contribution in [2.75, 3.05) is 13.2 Å². The molecule has 6 heteroatoms. The molecule has 2 heterocycles. The SMILES string of the molecule is O=C(NC[C@@H]1[C@H](c2ccccc2)[C@@H](CO)N1C(=O)Cc1cccnc1)C1CC1. The van der Waals surface area contributed by atoms with Crippen molar-refractivity contribution in [3.63, 3.8) is 0 Å². The van der Waals surface area contributed by atoms with Gasteiger partial charge >= 0.3 is 0 Å². The molecule has 1 aliphatic heterocycles. The summed E-state index contributed by atoms with van der Waals surface area (Å²) in [5.41, 5.74) is 1.92. The predicted octanol–water partition coefficient (Wildman–Crippen LogP) is 1.51. The Balaban J connectivity index is 1.53. The lowest BCUT2D eigenvalue weighted by molar-refractivity contribution is -0.150. The Labute approximate surface area is 164 Å². The molecular formula is C22H25N3O3. The molecular weight excluding hydrogens is 354 g/mol. The number of nitrogens with zero attached hydrogens (tertiary/aromatic N) is 2. The summed E-state index contributed by atoms with van der Waals surface area (Å²) in [7, 11) is 0. The van der Waals surface area contributed by atoms with Gasteiger partial charge < -0.3 is 15.3 Å². The first-order valence-electron chi connectivity index (χ1n) is 9.82. The van der Waals surface area contributed by atoms with Crippen molar-refractivity contribution >= 4 is 11.8 Å². The fourth-order valence-corrected chi connectivity index (χ4v) is 4.13. The molecule has 4 rings (SSSR count). The van der Waals surface area contributed by atoms with Crippen LogP contribution in [0.1, 0.15) is 29.9 Å². The molecule has 2 aliphatic rings. The molecule has 2 amide bonds. The van der Waals surface area contributed by atoms with Gasteiger partial charge in [0, 0.05) is 30.8 Å². The molecule has 2 N–H and O–H groups in total. The van der Waals surface area contributed by atoms with Crippen molar-refractivity contribution in [1.29, 1.82) is 0 Å². The van der Waals surface area contributed by atoms with Crippen molar-refractivity contribution in [2.24, 2.45) is 5.92 Å². The minimum atomic E-state index is -0.283. The molecule has 1 aromatic carbocycles. The molecule has 1 saturated heterocycles. The molecule has 1 aliphatic carbocycles. The molecule has 0 radical (unpaired) electrons. The number of aliphatic hydroxyl groups is 1. The fourth-order valence-electron chi connectivity index (χ4n) is 4.13. The Morgan fingerprint density at radius 1 is 1.11 bits per heavy atom. The van der Waals surface area contributed by atoms with Crippen molar-refractivity contribution < 1.29 is 14.7 Å². The van der Waals surface area contributed by atoms with Crippen LogP contribution in [-0.2, 0) is 16.0 Å². The highest BCUT2D eigenvalue weighted by Crippen LogP contribution is 2.41. The van der Waals surface area contributed by atoms with Gasteiger partial charge in [-0.05, 0) is 30.0 Å². The van der Waals surface area contributed by atoms with Crippen LogP contribution in [0.2, 0.25) is 0 Å². The average molecular weight is 379 g/mol. The van der Waals surface area contributed by atoms with Crippen LogP contribution >= 0.6 is 0 Å². The standard InChI is InChI=1S/C22H25N3O3/c26-14-19-21(16-6-2-1-3-7-16)18(13-24-22(28)17-8-9-17)25(19)20(27)11-15-5-4-10-23-12-15/h1-7,10,12,17-19,21,26H,8-9,11,13-14H2,(H,24,28)/t18-,19-,21+/m1/s1. The Hall–Kier alpha value is -2.73. The molecule has 28 heavy (non-hydrogen) atoms. The number of aliphatic hydroxyl groups excluding tert-OH is 1. The number of hydrogen-bond donors (Lipinski definition) is 2. The van der Waals surface area contributed by atoms with Gasteiger partial charge in [0.05, 0.1) is 25.1 Å². The smallest absolute Gasteiger partial charge is 0.227 e. The number of aromatic nitrogens is 1. The number of rotatable bonds is 7. The second-order valence-electron chi connectivity index (χ2n) is 7.61. The van der Waals surface area contributed by atoms with E-state index in [9.17, 15) is 14.7 Å². The van der Waals surface area contributed by atoms with Gasteiger partial charge in [-0.25, -0.2) is 0 Å². The number of amides is 2. The fraction of sp³-hybridized carbons (Fsp3) is 0.409. The molecule has 146 valence electrons. The first-order chi connectivity index (χ1) is 13.7. The highest BCUT2D eigenvalue weighted by molar-refractivity contribution is 5.82. The van der Waals surface area contributed by atoms with Gasteiger partial charge in [0.15, 0.2) is 0 Å². The zero-order chi connectivity index (χ0) is 19.5. The van der Waals surface area contributed by atoms with Gasteiger partial charge in [-0.3, -0.25) is 14.6 Å². The maximum Gasteiger partial charge on any atom is 0.227 e. The van der Waals surface area contributed by atoms with Crippen LogP contribution in [0.4, 0.5) is 0 Å². The molecule has 3 atom stereocenters. The van der Waals surface area contributed by atoms with E-state index < -0.39 is 0 Å². The van der Waals surface area contributed by atoms with Crippen LogP contribution in [0.3, 0.4) is 0 Å². The molecule has 0 unspecified atom stereocenters. The normalized spacial score (nSPS) is 23.8.